The molecular weight excluding hydrogens is 228 g/mol. The number of ketones is 1. The highest BCUT2D eigenvalue weighted by atomic mass is 32.2. The van der Waals surface area contributed by atoms with Crippen LogP contribution in [0, 0.1) is 5.92 Å². The van der Waals surface area contributed by atoms with Crippen molar-refractivity contribution in [3.8, 4) is 0 Å². The maximum atomic E-state index is 12.0. The quantitative estimate of drug-likeness (QED) is 0.763. The van der Waals surface area contributed by atoms with Crippen LogP contribution in [0.15, 0.2) is 0 Å². The van der Waals surface area contributed by atoms with Crippen molar-refractivity contribution in [1.82, 2.24) is 0 Å². The standard InChI is InChI=1S/C11H18O2S2/c12-10(11-8-14-5-6-15-11)7-9-1-3-13-4-2-9/h9,11H,1-8H2. The predicted molar refractivity (Wildman–Crippen MR) is 66.7 cm³/mol. The zero-order valence-corrected chi connectivity index (χ0v) is 10.6. The third-order valence-corrected chi connectivity index (χ3v) is 5.81. The fourth-order valence-corrected chi connectivity index (χ4v) is 4.70. The van der Waals surface area contributed by atoms with E-state index in [4.69, 9.17) is 4.74 Å². The molecule has 86 valence electrons. The number of carbonyl (C=O) groups excluding carboxylic acids is 1. The minimum atomic E-state index is 0.284. The first-order chi connectivity index (χ1) is 7.36. The van der Waals surface area contributed by atoms with E-state index >= 15 is 0 Å². The van der Waals surface area contributed by atoms with E-state index in [9.17, 15) is 4.79 Å². The Morgan fingerprint density at radius 2 is 2.07 bits per heavy atom. The monoisotopic (exact) mass is 246 g/mol. The van der Waals surface area contributed by atoms with Crippen LogP contribution in [0.2, 0.25) is 0 Å². The third kappa shape index (κ3) is 3.68. The van der Waals surface area contributed by atoms with Crippen molar-refractivity contribution >= 4 is 29.3 Å². The lowest BCUT2D eigenvalue weighted by Crippen LogP contribution is -2.28. The highest BCUT2D eigenvalue weighted by Crippen LogP contribution is 2.28. The molecule has 0 aromatic rings. The molecule has 2 fully saturated rings. The smallest absolute Gasteiger partial charge is 0.146 e. The van der Waals surface area contributed by atoms with Gasteiger partial charge in [0.05, 0.1) is 5.25 Å². The van der Waals surface area contributed by atoms with Gasteiger partial charge < -0.3 is 4.74 Å². The molecule has 0 aromatic heterocycles. The Morgan fingerprint density at radius 1 is 1.27 bits per heavy atom. The van der Waals surface area contributed by atoms with Crippen molar-refractivity contribution in [2.45, 2.75) is 24.5 Å². The normalized spacial score (nSPS) is 28.9. The summed E-state index contributed by atoms with van der Waals surface area (Å²) >= 11 is 3.79. The molecule has 2 rings (SSSR count). The maximum absolute atomic E-state index is 12.0. The highest BCUT2D eigenvalue weighted by Gasteiger charge is 2.25. The Balaban J connectivity index is 1.74. The average Bonchev–Trinajstić information content (AvgIpc) is 2.31. The lowest BCUT2D eigenvalue weighted by atomic mass is 9.93. The molecule has 2 aliphatic heterocycles. The number of thioether (sulfide) groups is 2. The van der Waals surface area contributed by atoms with Gasteiger partial charge in [-0.2, -0.15) is 11.8 Å². The van der Waals surface area contributed by atoms with Crippen LogP contribution >= 0.6 is 23.5 Å². The summed E-state index contributed by atoms with van der Waals surface area (Å²) in [5, 5.41) is 0.284. The van der Waals surface area contributed by atoms with Crippen LogP contribution in [0.5, 0.6) is 0 Å². The summed E-state index contributed by atoms with van der Waals surface area (Å²) in [6, 6.07) is 0. The van der Waals surface area contributed by atoms with Gasteiger partial charge in [0.15, 0.2) is 0 Å². The number of Topliss-reactive ketones (excluding diaryl/α,β-unsaturated/α-hetero) is 1. The highest BCUT2D eigenvalue weighted by molar-refractivity contribution is 8.07. The molecule has 0 aliphatic carbocycles. The fourth-order valence-electron chi connectivity index (χ4n) is 2.04. The lowest BCUT2D eigenvalue weighted by molar-refractivity contribution is -0.119. The van der Waals surface area contributed by atoms with Gasteiger partial charge in [0.1, 0.15) is 5.78 Å². The molecule has 0 aromatic carbocycles. The van der Waals surface area contributed by atoms with E-state index in [0.717, 1.165) is 44.0 Å². The Morgan fingerprint density at radius 3 is 2.73 bits per heavy atom. The van der Waals surface area contributed by atoms with Gasteiger partial charge in [-0.15, -0.1) is 11.8 Å². The molecule has 0 bridgehead atoms. The van der Waals surface area contributed by atoms with E-state index in [1.165, 1.54) is 5.75 Å². The first-order valence-corrected chi connectivity index (χ1v) is 7.86. The van der Waals surface area contributed by atoms with Crippen LogP contribution in [0.3, 0.4) is 0 Å². The van der Waals surface area contributed by atoms with Crippen molar-refractivity contribution in [3.63, 3.8) is 0 Å². The molecule has 15 heavy (non-hydrogen) atoms. The van der Waals surface area contributed by atoms with Gasteiger partial charge in [0.25, 0.3) is 0 Å². The topological polar surface area (TPSA) is 26.3 Å². The van der Waals surface area contributed by atoms with E-state index < -0.39 is 0 Å². The van der Waals surface area contributed by atoms with Crippen molar-refractivity contribution in [2.24, 2.45) is 5.92 Å². The van der Waals surface area contributed by atoms with Gasteiger partial charge in [-0.25, -0.2) is 0 Å². The summed E-state index contributed by atoms with van der Waals surface area (Å²) in [7, 11) is 0. The van der Waals surface area contributed by atoms with Crippen molar-refractivity contribution in [2.75, 3.05) is 30.5 Å². The average molecular weight is 246 g/mol. The van der Waals surface area contributed by atoms with Crippen LogP contribution in [0.1, 0.15) is 19.3 Å². The molecule has 0 radical (unpaired) electrons. The Labute approximate surface area is 99.9 Å². The Hall–Kier alpha value is 0.330. The second-order valence-corrected chi connectivity index (χ2v) is 6.62. The van der Waals surface area contributed by atoms with Crippen LogP contribution in [0.25, 0.3) is 0 Å². The lowest BCUT2D eigenvalue weighted by Gasteiger charge is -2.25. The van der Waals surface area contributed by atoms with Gasteiger partial charge in [-0.05, 0) is 18.8 Å². The van der Waals surface area contributed by atoms with Crippen LogP contribution in [0.4, 0.5) is 0 Å². The SMILES string of the molecule is O=C(CC1CCOCC1)C1CSCCS1. The van der Waals surface area contributed by atoms with E-state index in [-0.39, 0.29) is 5.25 Å². The minimum Gasteiger partial charge on any atom is -0.381 e. The molecule has 0 N–H and O–H groups in total. The Bertz CT molecular complexity index is 209. The van der Waals surface area contributed by atoms with Gasteiger partial charge in [-0.1, -0.05) is 0 Å². The molecule has 2 heterocycles. The summed E-state index contributed by atoms with van der Waals surface area (Å²) in [5.74, 6) is 4.48. The molecule has 2 aliphatic rings. The van der Waals surface area contributed by atoms with Gasteiger partial charge in [-0.3, -0.25) is 4.79 Å². The van der Waals surface area contributed by atoms with Crippen molar-refractivity contribution < 1.29 is 9.53 Å². The molecule has 1 unspecified atom stereocenters. The predicted octanol–water partition coefficient (Wildman–Crippen LogP) is 2.22. The summed E-state index contributed by atoms with van der Waals surface area (Å²) in [5.41, 5.74) is 0. The number of rotatable bonds is 3. The molecule has 2 saturated heterocycles. The first-order valence-electron chi connectivity index (χ1n) is 5.66. The van der Waals surface area contributed by atoms with Crippen LogP contribution < -0.4 is 0 Å². The van der Waals surface area contributed by atoms with Crippen LogP contribution in [-0.2, 0) is 9.53 Å². The van der Waals surface area contributed by atoms with E-state index in [2.05, 4.69) is 0 Å². The molecule has 0 spiro atoms. The molecule has 2 nitrogen and oxygen atoms in total. The van der Waals surface area contributed by atoms with E-state index in [0.29, 0.717) is 11.7 Å². The van der Waals surface area contributed by atoms with Crippen LogP contribution in [-0.4, -0.2) is 41.5 Å². The Kier molecular flexibility index (Phi) is 4.85. The number of hydrogen-bond donors (Lipinski definition) is 0. The number of hydrogen-bond acceptors (Lipinski definition) is 4. The molecule has 0 saturated carbocycles. The molecular formula is C11H18O2S2. The van der Waals surface area contributed by atoms with Gasteiger partial charge in [0, 0.05) is 36.9 Å². The molecule has 1 atom stereocenters. The first kappa shape index (κ1) is 11.8. The molecule has 4 heteroatoms. The van der Waals surface area contributed by atoms with E-state index in [1.807, 2.05) is 23.5 Å². The summed E-state index contributed by atoms with van der Waals surface area (Å²) in [6.07, 6.45) is 2.95. The minimum absolute atomic E-state index is 0.284. The second-order valence-electron chi connectivity index (χ2n) is 4.16. The summed E-state index contributed by atoms with van der Waals surface area (Å²) < 4.78 is 5.31. The second kappa shape index (κ2) is 6.16. The largest absolute Gasteiger partial charge is 0.381 e. The maximum Gasteiger partial charge on any atom is 0.146 e. The van der Waals surface area contributed by atoms with Gasteiger partial charge in [0.2, 0.25) is 0 Å². The summed E-state index contributed by atoms with van der Waals surface area (Å²) in [4.78, 5) is 12.0. The van der Waals surface area contributed by atoms with Gasteiger partial charge >= 0.3 is 0 Å². The zero-order chi connectivity index (χ0) is 10.5. The zero-order valence-electron chi connectivity index (χ0n) is 8.94. The third-order valence-electron chi connectivity index (χ3n) is 3.01. The fraction of sp³-hybridized carbons (Fsp3) is 0.909. The van der Waals surface area contributed by atoms with Crippen molar-refractivity contribution in [1.29, 1.82) is 0 Å². The van der Waals surface area contributed by atoms with Crippen molar-refractivity contribution in [3.05, 3.63) is 0 Å². The summed E-state index contributed by atoms with van der Waals surface area (Å²) in [6.45, 7) is 1.70. The number of carbonyl (C=O) groups is 1. The number of ether oxygens (including phenoxy) is 1. The molecule has 0 amide bonds. The van der Waals surface area contributed by atoms with E-state index in [1.54, 1.807) is 0 Å².